The molecule has 1 aromatic rings. The lowest BCUT2D eigenvalue weighted by Crippen LogP contribution is -2.47. The minimum absolute atomic E-state index is 0.0370. The minimum atomic E-state index is -0.137. The second kappa shape index (κ2) is 10.1. The molecule has 148 valence electrons. The van der Waals surface area contributed by atoms with Crippen LogP contribution in [0.3, 0.4) is 0 Å². The second-order valence-corrected chi connectivity index (χ2v) is 7.87. The Balaban J connectivity index is 1.36. The van der Waals surface area contributed by atoms with Gasteiger partial charge in [-0.25, -0.2) is 0 Å². The van der Waals surface area contributed by atoms with Crippen LogP contribution in [0.1, 0.15) is 44.1 Å². The fraction of sp³-hybridized carbons (Fsp3) is 0.591. The quantitative estimate of drug-likeness (QED) is 0.821. The third kappa shape index (κ3) is 5.47. The number of rotatable bonds is 6. The van der Waals surface area contributed by atoms with Crippen molar-refractivity contribution in [3.05, 3.63) is 29.8 Å². The number of nitrogens with one attached hydrogen (secondary N) is 1. The molecule has 6 nitrogen and oxygen atoms in total. The fourth-order valence-electron chi connectivity index (χ4n) is 4.37. The molecule has 3 rings (SSSR count). The number of para-hydroxylation sites is 1. The van der Waals surface area contributed by atoms with Gasteiger partial charge < -0.3 is 10.2 Å². The molecule has 1 saturated carbocycles. The van der Waals surface area contributed by atoms with E-state index < -0.39 is 0 Å². The zero-order valence-corrected chi connectivity index (χ0v) is 16.4. The van der Waals surface area contributed by atoms with Crippen molar-refractivity contribution in [3.8, 4) is 12.1 Å². The van der Waals surface area contributed by atoms with Crippen LogP contribution in [0.15, 0.2) is 24.3 Å². The summed E-state index contributed by atoms with van der Waals surface area (Å²) in [5, 5.41) is 20.9. The molecular weight excluding hydrogens is 350 g/mol. The molecule has 2 fully saturated rings. The molecule has 0 aromatic heterocycles. The lowest BCUT2D eigenvalue weighted by Gasteiger charge is -2.37. The topological polar surface area (TPSA) is 83.2 Å². The standard InChI is InChI=1S/C22H29N5O/c23-11-9-22(28)25-20-7-5-18(6-8-20)10-12-26-13-15-27(16-14-26)21-4-2-1-3-19(21)17-24/h1-4,18,20H,5-10,12-16H2,(H,25,28)/t18-,20-. The Labute approximate surface area is 167 Å². The maximum Gasteiger partial charge on any atom is 0.234 e. The number of benzene rings is 1. The highest BCUT2D eigenvalue weighted by Gasteiger charge is 2.24. The number of hydrogen-bond acceptors (Lipinski definition) is 5. The SMILES string of the molecule is N#CCC(=O)N[C@H]1CC[C@H](CCN2CCN(c3ccccc3C#N)CC2)CC1. The predicted molar refractivity (Wildman–Crippen MR) is 109 cm³/mol. The summed E-state index contributed by atoms with van der Waals surface area (Å²) < 4.78 is 0. The molecule has 28 heavy (non-hydrogen) atoms. The largest absolute Gasteiger partial charge is 0.368 e. The predicted octanol–water partition coefficient (Wildman–Crippen LogP) is 2.66. The van der Waals surface area contributed by atoms with E-state index in [0.29, 0.717) is 0 Å². The zero-order chi connectivity index (χ0) is 19.8. The van der Waals surface area contributed by atoms with E-state index in [2.05, 4.69) is 21.2 Å². The average molecular weight is 380 g/mol. The van der Waals surface area contributed by atoms with E-state index in [4.69, 9.17) is 5.26 Å². The molecule has 1 aliphatic carbocycles. The summed E-state index contributed by atoms with van der Waals surface area (Å²) in [4.78, 5) is 16.4. The van der Waals surface area contributed by atoms with Crippen molar-refractivity contribution in [2.75, 3.05) is 37.6 Å². The van der Waals surface area contributed by atoms with E-state index in [0.717, 1.165) is 75.6 Å². The molecule has 1 aliphatic heterocycles. The Hall–Kier alpha value is -2.57. The Morgan fingerprint density at radius 1 is 1.07 bits per heavy atom. The molecule has 1 N–H and O–H groups in total. The number of amides is 1. The van der Waals surface area contributed by atoms with E-state index in [9.17, 15) is 10.1 Å². The van der Waals surface area contributed by atoms with E-state index in [1.165, 1.54) is 6.42 Å². The first kappa shape index (κ1) is 20.2. The number of anilines is 1. The summed E-state index contributed by atoms with van der Waals surface area (Å²) in [5.41, 5.74) is 1.82. The molecular formula is C22H29N5O. The Kier molecular flexibility index (Phi) is 7.28. The molecule has 0 radical (unpaired) electrons. The highest BCUT2D eigenvalue weighted by atomic mass is 16.1. The van der Waals surface area contributed by atoms with Crippen LogP contribution in [0, 0.1) is 28.6 Å². The molecule has 0 atom stereocenters. The smallest absolute Gasteiger partial charge is 0.234 e. The molecule has 6 heteroatoms. The van der Waals surface area contributed by atoms with Crippen molar-refractivity contribution in [2.24, 2.45) is 5.92 Å². The summed E-state index contributed by atoms with van der Waals surface area (Å²) in [5.74, 6) is 0.600. The van der Waals surface area contributed by atoms with Crippen LogP contribution in [-0.4, -0.2) is 49.6 Å². The molecule has 0 unspecified atom stereocenters. The van der Waals surface area contributed by atoms with E-state index in [1.807, 2.05) is 30.3 Å². The maximum atomic E-state index is 11.5. The van der Waals surface area contributed by atoms with Gasteiger partial charge in [-0.1, -0.05) is 12.1 Å². The van der Waals surface area contributed by atoms with Crippen LogP contribution in [0.2, 0.25) is 0 Å². The van der Waals surface area contributed by atoms with Crippen molar-refractivity contribution < 1.29 is 4.79 Å². The van der Waals surface area contributed by atoms with Crippen molar-refractivity contribution in [1.29, 1.82) is 10.5 Å². The van der Waals surface area contributed by atoms with Gasteiger partial charge in [-0.05, 0) is 56.7 Å². The van der Waals surface area contributed by atoms with Crippen LogP contribution >= 0.6 is 0 Å². The summed E-state index contributed by atoms with van der Waals surface area (Å²) in [7, 11) is 0. The molecule has 0 spiro atoms. The van der Waals surface area contributed by atoms with Gasteiger partial charge in [0.1, 0.15) is 12.5 Å². The van der Waals surface area contributed by atoms with Gasteiger partial charge in [0, 0.05) is 32.2 Å². The van der Waals surface area contributed by atoms with Gasteiger partial charge in [-0.15, -0.1) is 0 Å². The van der Waals surface area contributed by atoms with E-state index >= 15 is 0 Å². The summed E-state index contributed by atoms with van der Waals surface area (Å²) in [6, 6.07) is 12.3. The van der Waals surface area contributed by atoms with Gasteiger partial charge in [0.05, 0.1) is 17.3 Å². The van der Waals surface area contributed by atoms with Crippen molar-refractivity contribution in [1.82, 2.24) is 10.2 Å². The number of hydrogen-bond donors (Lipinski definition) is 1. The van der Waals surface area contributed by atoms with Gasteiger partial charge in [0.2, 0.25) is 5.91 Å². The van der Waals surface area contributed by atoms with Crippen molar-refractivity contribution in [3.63, 3.8) is 0 Å². The van der Waals surface area contributed by atoms with E-state index in [1.54, 1.807) is 0 Å². The molecule has 1 saturated heterocycles. The molecule has 2 aliphatic rings. The third-order valence-corrected chi connectivity index (χ3v) is 6.04. The third-order valence-electron chi connectivity index (χ3n) is 6.04. The normalized spacial score (nSPS) is 22.9. The van der Waals surface area contributed by atoms with Crippen LogP contribution < -0.4 is 10.2 Å². The molecule has 1 amide bonds. The van der Waals surface area contributed by atoms with Crippen LogP contribution in [0.4, 0.5) is 5.69 Å². The van der Waals surface area contributed by atoms with E-state index in [-0.39, 0.29) is 18.4 Å². The first-order chi connectivity index (χ1) is 13.7. The molecule has 0 bridgehead atoms. The van der Waals surface area contributed by atoms with Gasteiger partial charge in [0.15, 0.2) is 0 Å². The Morgan fingerprint density at radius 2 is 1.79 bits per heavy atom. The monoisotopic (exact) mass is 379 g/mol. The summed E-state index contributed by atoms with van der Waals surface area (Å²) >= 11 is 0. The number of nitriles is 2. The Bertz CT molecular complexity index is 734. The number of nitrogens with zero attached hydrogens (tertiary/aromatic N) is 4. The van der Waals surface area contributed by atoms with Gasteiger partial charge in [-0.2, -0.15) is 10.5 Å². The zero-order valence-electron chi connectivity index (χ0n) is 16.4. The number of carbonyl (C=O) groups is 1. The highest BCUT2D eigenvalue weighted by molar-refractivity contribution is 5.78. The maximum absolute atomic E-state index is 11.5. The van der Waals surface area contributed by atoms with Gasteiger partial charge in [0.25, 0.3) is 0 Å². The molecule has 1 heterocycles. The van der Waals surface area contributed by atoms with Crippen LogP contribution in [-0.2, 0) is 4.79 Å². The highest BCUT2D eigenvalue weighted by Crippen LogP contribution is 2.27. The Morgan fingerprint density at radius 3 is 2.46 bits per heavy atom. The van der Waals surface area contributed by atoms with Gasteiger partial charge >= 0.3 is 0 Å². The summed E-state index contributed by atoms with van der Waals surface area (Å²) in [6.45, 7) is 5.15. The van der Waals surface area contributed by atoms with Crippen LogP contribution in [0.25, 0.3) is 0 Å². The average Bonchev–Trinajstić information content (AvgIpc) is 2.74. The van der Waals surface area contributed by atoms with Crippen molar-refractivity contribution in [2.45, 2.75) is 44.6 Å². The lowest BCUT2D eigenvalue weighted by atomic mass is 9.84. The number of piperazine rings is 1. The van der Waals surface area contributed by atoms with Gasteiger partial charge in [-0.3, -0.25) is 9.69 Å². The second-order valence-electron chi connectivity index (χ2n) is 7.87. The lowest BCUT2D eigenvalue weighted by molar-refractivity contribution is -0.121. The first-order valence-corrected chi connectivity index (χ1v) is 10.3. The number of carbonyl (C=O) groups excluding carboxylic acids is 1. The fourth-order valence-corrected chi connectivity index (χ4v) is 4.37. The first-order valence-electron chi connectivity index (χ1n) is 10.3. The molecule has 1 aromatic carbocycles. The summed E-state index contributed by atoms with van der Waals surface area (Å²) in [6.07, 6.45) is 5.56. The van der Waals surface area contributed by atoms with Crippen LogP contribution in [0.5, 0.6) is 0 Å². The minimum Gasteiger partial charge on any atom is -0.368 e. The van der Waals surface area contributed by atoms with Crippen molar-refractivity contribution >= 4 is 11.6 Å².